The molecule has 1 heterocycles. The van der Waals surface area contributed by atoms with Gasteiger partial charge in [0.1, 0.15) is 0 Å². The van der Waals surface area contributed by atoms with Crippen LogP contribution in [-0.2, 0) is 9.59 Å². The first kappa shape index (κ1) is 11.9. The van der Waals surface area contributed by atoms with Crippen molar-refractivity contribution in [3.63, 3.8) is 0 Å². The Kier molecular flexibility index (Phi) is 3.33. The molecule has 0 bridgehead atoms. The van der Waals surface area contributed by atoms with E-state index in [4.69, 9.17) is 11.6 Å². The Morgan fingerprint density at radius 3 is 2.59 bits per heavy atom. The third-order valence-electron chi connectivity index (χ3n) is 2.83. The summed E-state index contributed by atoms with van der Waals surface area (Å²) < 4.78 is 0. The zero-order valence-corrected chi connectivity index (χ0v) is 10.2. The van der Waals surface area contributed by atoms with Gasteiger partial charge in [0, 0.05) is 20.0 Å². The van der Waals surface area contributed by atoms with Crippen LogP contribution in [0.15, 0.2) is 24.3 Å². The van der Waals surface area contributed by atoms with E-state index in [1.807, 2.05) is 6.07 Å². The zero-order chi connectivity index (χ0) is 12.4. The predicted octanol–water partition coefficient (Wildman–Crippen LogP) is 1.76. The molecule has 2 amide bonds. The Bertz CT molecular complexity index is 456. The lowest BCUT2D eigenvalue weighted by Gasteiger charge is -2.37. The third-order valence-corrected chi connectivity index (χ3v) is 3.16. The normalized spacial score (nSPS) is 15.3. The fraction of sp³-hybridized carbons (Fsp3) is 0.333. The summed E-state index contributed by atoms with van der Waals surface area (Å²) in [5, 5.41) is 3.28. The number of rotatable bonds is 2. The van der Waals surface area contributed by atoms with Gasteiger partial charge >= 0.3 is 0 Å². The van der Waals surface area contributed by atoms with Crippen molar-refractivity contribution in [1.29, 1.82) is 0 Å². The number of hydrogen-bond acceptors (Lipinski definition) is 2. The standard InChI is InChI=1S/C12H13ClN2O2/c1-8(16)15-6-9(7-15)12(17)14-11-5-3-2-4-10(11)13/h2-5,9H,6-7H2,1H3,(H,14,17). The quantitative estimate of drug-likeness (QED) is 0.872. The van der Waals surface area contributed by atoms with Gasteiger partial charge in [0.05, 0.1) is 16.6 Å². The van der Waals surface area contributed by atoms with Crippen molar-refractivity contribution in [2.45, 2.75) is 6.92 Å². The first-order chi connectivity index (χ1) is 8.08. The summed E-state index contributed by atoms with van der Waals surface area (Å²) >= 11 is 5.93. The summed E-state index contributed by atoms with van der Waals surface area (Å²) in [6.07, 6.45) is 0. The van der Waals surface area contributed by atoms with E-state index >= 15 is 0 Å². The minimum Gasteiger partial charge on any atom is -0.341 e. The first-order valence-electron chi connectivity index (χ1n) is 5.39. The van der Waals surface area contributed by atoms with Gasteiger partial charge in [0.2, 0.25) is 11.8 Å². The van der Waals surface area contributed by atoms with Gasteiger partial charge in [-0.3, -0.25) is 9.59 Å². The molecule has 0 saturated carbocycles. The maximum Gasteiger partial charge on any atom is 0.231 e. The number of hydrogen-bond donors (Lipinski definition) is 1. The number of para-hydroxylation sites is 1. The fourth-order valence-corrected chi connectivity index (χ4v) is 1.88. The van der Waals surface area contributed by atoms with Crippen molar-refractivity contribution in [3.05, 3.63) is 29.3 Å². The molecule has 0 spiro atoms. The van der Waals surface area contributed by atoms with Gasteiger partial charge < -0.3 is 10.2 Å². The lowest BCUT2D eigenvalue weighted by Crippen LogP contribution is -2.53. The number of likely N-dealkylation sites (tertiary alicyclic amines) is 1. The number of anilines is 1. The van der Waals surface area contributed by atoms with Crippen LogP contribution in [0.2, 0.25) is 5.02 Å². The van der Waals surface area contributed by atoms with Crippen molar-refractivity contribution in [2.75, 3.05) is 18.4 Å². The molecule has 17 heavy (non-hydrogen) atoms. The number of carbonyl (C=O) groups excluding carboxylic acids is 2. The van der Waals surface area contributed by atoms with E-state index in [2.05, 4.69) is 5.32 Å². The molecule has 2 rings (SSSR count). The maximum atomic E-state index is 11.8. The van der Waals surface area contributed by atoms with E-state index in [1.54, 1.807) is 23.1 Å². The molecule has 1 aliphatic heterocycles. The molecule has 1 N–H and O–H groups in total. The summed E-state index contributed by atoms with van der Waals surface area (Å²) in [5.41, 5.74) is 0.612. The van der Waals surface area contributed by atoms with Crippen LogP contribution >= 0.6 is 11.6 Å². The second-order valence-corrected chi connectivity index (χ2v) is 4.50. The number of benzene rings is 1. The molecule has 1 aliphatic rings. The molecule has 1 aromatic rings. The molecular weight excluding hydrogens is 240 g/mol. The second-order valence-electron chi connectivity index (χ2n) is 4.09. The molecule has 0 radical (unpaired) electrons. The Labute approximate surface area is 105 Å². The molecule has 4 nitrogen and oxygen atoms in total. The van der Waals surface area contributed by atoms with E-state index in [1.165, 1.54) is 6.92 Å². The Balaban J connectivity index is 1.91. The maximum absolute atomic E-state index is 11.8. The summed E-state index contributed by atoms with van der Waals surface area (Å²) in [6, 6.07) is 7.09. The molecule has 0 aromatic heterocycles. The highest BCUT2D eigenvalue weighted by atomic mass is 35.5. The summed E-state index contributed by atoms with van der Waals surface area (Å²) in [5.74, 6) is -0.211. The molecule has 1 fully saturated rings. The van der Waals surface area contributed by atoms with Crippen molar-refractivity contribution < 1.29 is 9.59 Å². The first-order valence-corrected chi connectivity index (χ1v) is 5.76. The summed E-state index contributed by atoms with van der Waals surface area (Å²) in [6.45, 7) is 2.49. The van der Waals surface area contributed by atoms with Crippen molar-refractivity contribution in [3.8, 4) is 0 Å². The van der Waals surface area contributed by atoms with Gasteiger partial charge in [0.15, 0.2) is 0 Å². The fourth-order valence-electron chi connectivity index (χ4n) is 1.70. The Hall–Kier alpha value is -1.55. The van der Waals surface area contributed by atoms with Crippen LogP contribution in [0.25, 0.3) is 0 Å². The molecule has 5 heteroatoms. The van der Waals surface area contributed by atoms with Gasteiger partial charge in [-0.25, -0.2) is 0 Å². The molecular formula is C12H13ClN2O2. The topological polar surface area (TPSA) is 49.4 Å². The van der Waals surface area contributed by atoms with Crippen molar-refractivity contribution in [2.24, 2.45) is 5.92 Å². The number of amides is 2. The number of nitrogens with one attached hydrogen (secondary N) is 1. The lowest BCUT2D eigenvalue weighted by atomic mass is 9.99. The van der Waals surface area contributed by atoms with Crippen LogP contribution in [0.3, 0.4) is 0 Å². The van der Waals surface area contributed by atoms with E-state index in [-0.39, 0.29) is 17.7 Å². The highest BCUT2D eigenvalue weighted by molar-refractivity contribution is 6.33. The number of carbonyl (C=O) groups is 2. The van der Waals surface area contributed by atoms with Crippen LogP contribution in [0, 0.1) is 5.92 Å². The van der Waals surface area contributed by atoms with Crippen LogP contribution in [-0.4, -0.2) is 29.8 Å². The van der Waals surface area contributed by atoms with E-state index in [9.17, 15) is 9.59 Å². The molecule has 0 atom stereocenters. The largest absolute Gasteiger partial charge is 0.341 e. The van der Waals surface area contributed by atoms with Gasteiger partial charge in [-0.2, -0.15) is 0 Å². The highest BCUT2D eigenvalue weighted by Gasteiger charge is 2.34. The zero-order valence-electron chi connectivity index (χ0n) is 9.44. The SMILES string of the molecule is CC(=O)N1CC(C(=O)Nc2ccccc2Cl)C1. The Morgan fingerprint density at radius 2 is 2.00 bits per heavy atom. The van der Waals surface area contributed by atoms with Gasteiger partial charge in [-0.05, 0) is 12.1 Å². The molecule has 90 valence electrons. The van der Waals surface area contributed by atoms with Crippen LogP contribution in [0.5, 0.6) is 0 Å². The van der Waals surface area contributed by atoms with Gasteiger partial charge in [-0.1, -0.05) is 23.7 Å². The van der Waals surface area contributed by atoms with Crippen molar-refractivity contribution in [1.82, 2.24) is 4.90 Å². The minimum atomic E-state index is -0.129. The average molecular weight is 253 g/mol. The van der Waals surface area contributed by atoms with Crippen LogP contribution in [0.4, 0.5) is 5.69 Å². The van der Waals surface area contributed by atoms with E-state index in [0.717, 1.165) is 0 Å². The van der Waals surface area contributed by atoms with Crippen LogP contribution < -0.4 is 5.32 Å². The number of nitrogens with zero attached hydrogens (tertiary/aromatic N) is 1. The predicted molar refractivity (Wildman–Crippen MR) is 65.8 cm³/mol. The summed E-state index contributed by atoms with van der Waals surface area (Å²) in [7, 11) is 0. The highest BCUT2D eigenvalue weighted by Crippen LogP contribution is 2.23. The third kappa shape index (κ3) is 2.58. The smallest absolute Gasteiger partial charge is 0.231 e. The second kappa shape index (κ2) is 4.75. The molecule has 0 aliphatic carbocycles. The number of halogens is 1. The molecule has 0 unspecified atom stereocenters. The minimum absolute atomic E-state index is 0.00629. The van der Waals surface area contributed by atoms with E-state index in [0.29, 0.717) is 23.8 Å². The van der Waals surface area contributed by atoms with Gasteiger partial charge in [0.25, 0.3) is 0 Å². The summed E-state index contributed by atoms with van der Waals surface area (Å²) in [4.78, 5) is 24.4. The Morgan fingerprint density at radius 1 is 1.35 bits per heavy atom. The lowest BCUT2D eigenvalue weighted by molar-refractivity contribution is -0.139. The van der Waals surface area contributed by atoms with Crippen molar-refractivity contribution >= 4 is 29.1 Å². The molecule has 1 saturated heterocycles. The van der Waals surface area contributed by atoms with Gasteiger partial charge in [-0.15, -0.1) is 0 Å². The molecule has 1 aromatic carbocycles. The average Bonchev–Trinajstić information content (AvgIpc) is 2.18. The van der Waals surface area contributed by atoms with Crippen LogP contribution in [0.1, 0.15) is 6.92 Å². The van der Waals surface area contributed by atoms with E-state index < -0.39 is 0 Å². The monoisotopic (exact) mass is 252 g/mol.